The van der Waals surface area contributed by atoms with Gasteiger partial charge >= 0.3 is 0 Å². The predicted molar refractivity (Wildman–Crippen MR) is 79.3 cm³/mol. The van der Waals surface area contributed by atoms with E-state index in [9.17, 15) is 0 Å². The Labute approximate surface area is 107 Å². The van der Waals surface area contributed by atoms with Crippen LogP contribution in [0.4, 0.5) is 0 Å². The van der Waals surface area contributed by atoms with E-state index < -0.39 is 0 Å². The summed E-state index contributed by atoms with van der Waals surface area (Å²) in [5.74, 6) is 0. The van der Waals surface area contributed by atoms with Crippen molar-refractivity contribution < 1.29 is 0 Å². The van der Waals surface area contributed by atoms with Crippen molar-refractivity contribution in [1.82, 2.24) is 0 Å². The highest BCUT2D eigenvalue weighted by atomic mass is 14.0. The van der Waals surface area contributed by atoms with Gasteiger partial charge in [0.2, 0.25) is 0 Å². The maximum absolute atomic E-state index is 2.18. The van der Waals surface area contributed by atoms with E-state index in [-0.39, 0.29) is 0 Å². The summed E-state index contributed by atoms with van der Waals surface area (Å²) in [6.45, 7) is 0. The Hall–Kier alpha value is -2.34. The molecule has 0 spiro atoms. The molecule has 0 amide bonds. The lowest BCUT2D eigenvalue weighted by molar-refractivity contribution is 1.66. The van der Waals surface area contributed by atoms with E-state index >= 15 is 0 Å². The first-order chi connectivity index (χ1) is 8.93. The molecule has 3 aromatic rings. The van der Waals surface area contributed by atoms with Gasteiger partial charge in [-0.1, -0.05) is 84.9 Å². The van der Waals surface area contributed by atoms with Crippen LogP contribution in [0.5, 0.6) is 0 Å². The van der Waals surface area contributed by atoms with E-state index in [1.54, 1.807) is 0 Å². The monoisotopic (exact) mass is 230 g/mol. The third-order valence-corrected chi connectivity index (χ3v) is 3.08. The Kier molecular flexibility index (Phi) is 2.93. The van der Waals surface area contributed by atoms with Gasteiger partial charge in [0, 0.05) is 0 Å². The summed E-state index contributed by atoms with van der Waals surface area (Å²) >= 11 is 0. The fraction of sp³-hybridized carbons (Fsp3) is 0. The van der Waals surface area contributed by atoms with Crippen molar-refractivity contribution in [2.45, 2.75) is 0 Å². The van der Waals surface area contributed by atoms with Crippen LogP contribution in [0.3, 0.4) is 0 Å². The van der Waals surface area contributed by atoms with E-state index in [0.29, 0.717) is 0 Å². The first-order valence-corrected chi connectivity index (χ1v) is 6.14. The summed E-state index contributed by atoms with van der Waals surface area (Å²) in [6, 6.07) is 25.3. The fourth-order valence-electron chi connectivity index (χ4n) is 2.15. The number of rotatable bonds is 2. The highest BCUT2D eigenvalue weighted by molar-refractivity contribution is 5.92. The summed E-state index contributed by atoms with van der Waals surface area (Å²) in [7, 11) is 0. The zero-order valence-corrected chi connectivity index (χ0v) is 10.1. The Balaban J connectivity index is 2.03. The number of hydrogen-bond acceptors (Lipinski definition) is 0. The second-order valence-electron chi connectivity index (χ2n) is 4.31. The highest BCUT2D eigenvalue weighted by Gasteiger charge is 1.95. The van der Waals surface area contributed by atoms with E-state index in [1.807, 2.05) is 6.07 Å². The van der Waals surface area contributed by atoms with Crippen LogP contribution in [0, 0.1) is 0 Å². The van der Waals surface area contributed by atoms with Crippen molar-refractivity contribution in [1.29, 1.82) is 0 Å². The Morgan fingerprint density at radius 3 is 2.17 bits per heavy atom. The molecule has 18 heavy (non-hydrogen) atoms. The maximum atomic E-state index is 2.18. The molecule has 86 valence electrons. The molecule has 0 aliphatic heterocycles. The van der Waals surface area contributed by atoms with Crippen molar-refractivity contribution >= 4 is 22.9 Å². The molecule has 0 saturated heterocycles. The van der Waals surface area contributed by atoms with Crippen LogP contribution in [0.2, 0.25) is 0 Å². The average molecular weight is 230 g/mol. The minimum Gasteiger partial charge on any atom is -0.0622 e. The summed E-state index contributed by atoms with van der Waals surface area (Å²) < 4.78 is 0. The molecule has 3 rings (SSSR count). The van der Waals surface area contributed by atoms with Gasteiger partial charge in [-0.05, 0) is 21.9 Å². The summed E-state index contributed by atoms with van der Waals surface area (Å²) in [5, 5.41) is 2.58. The first-order valence-electron chi connectivity index (χ1n) is 6.14. The molecule has 0 aliphatic carbocycles. The second kappa shape index (κ2) is 4.89. The zero-order valence-electron chi connectivity index (χ0n) is 10.1. The van der Waals surface area contributed by atoms with Crippen LogP contribution < -0.4 is 0 Å². The third-order valence-electron chi connectivity index (χ3n) is 3.08. The standard InChI is InChI=1S/C18H14/c1-2-7-15(8-3-1)13-14-17-11-6-10-16-9-4-5-12-18(16)17/h1-14H/b14-13-. The van der Waals surface area contributed by atoms with Crippen molar-refractivity contribution in [3.05, 3.63) is 83.9 Å². The van der Waals surface area contributed by atoms with Crippen LogP contribution in [0.25, 0.3) is 22.9 Å². The Bertz CT molecular complexity index is 673. The van der Waals surface area contributed by atoms with Gasteiger partial charge in [0.15, 0.2) is 0 Å². The van der Waals surface area contributed by atoms with E-state index in [0.717, 1.165) is 0 Å². The lowest BCUT2D eigenvalue weighted by Crippen LogP contribution is -1.77. The molecule has 0 saturated carbocycles. The van der Waals surface area contributed by atoms with Crippen molar-refractivity contribution in [3.8, 4) is 0 Å². The minimum absolute atomic E-state index is 1.23. The van der Waals surface area contributed by atoms with Gasteiger partial charge in [-0.3, -0.25) is 0 Å². The molecule has 3 aromatic carbocycles. The molecule has 0 aromatic heterocycles. The lowest BCUT2D eigenvalue weighted by Gasteiger charge is -2.01. The van der Waals surface area contributed by atoms with E-state index in [2.05, 4.69) is 78.9 Å². The summed E-state index contributed by atoms with van der Waals surface area (Å²) in [6.07, 6.45) is 4.33. The van der Waals surface area contributed by atoms with Crippen molar-refractivity contribution in [2.75, 3.05) is 0 Å². The summed E-state index contributed by atoms with van der Waals surface area (Å²) in [5.41, 5.74) is 2.49. The summed E-state index contributed by atoms with van der Waals surface area (Å²) in [4.78, 5) is 0. The SMILES string of the molecule is C(=C/c1cccc2ccccc12)/c1ccccc1. The third kappa shape index (κ3) is 2.18. The van der Waals surface area contributed by atoms with Gasteiger partial charge in [0.1, 0.15) is 0 Å². The number of benzene rings is 3. The maximum Gasteiger partial charge on any atom is -0.0111 e. The smallest absolute Gasteiger partial charge is 0.0111 e. The van der Waals surface area contributed by atoms with Crippen LogP contribution in [0.1, 0.15) is 11.1 Å². The Morgan fingerprint density at radius 2 is 1.28 bits per heavy atom. The molecule has 0 heterocycles. The van der Waals surface area contributed by atoms with Gasteiger partial charge in [0.25, 0.3) is 0 Å². The minimum atomic E-state index is 1.23. The van der Waals surface area contributed by atoms with Crippen LogP contribution in [-0.4, -0.2) is 0 Å². The lowest BCUT2D eigenvalue weighted by atomic mass is 10.0. The fourth-order valence-corrected chi connectivity index (χ4v) is 2.15. The number of fused-ring (bicyclic) bond motifs is 1. The zero-order chi connectivity index (χ0) is 12.2. The molecule has 0 unspecified atom stereocenters. The van der Waals surface area contributed by atoms with Crippen LogP contribution in [-0.2, 0) is 0 Å². The van der Waals surface area contributed by atoms with Gasteiger partial charge < -0.3 is 0 Å². The largest absolute Gasteiger partial charge is 0.0622 e. The molecule has 0 atom stereocenters. The highest BCUT2D eigenvalue weighted by Crippen LogP contribution is 2.20. The van der Waals surface area contributed by atoms with Gasteiger partial charge in [0.05, 0.1) is 0 Å². The quantitative estimate of drug-likeness (QED) is 0.543. The second-order valence-corrected chi connectivity index (χ2v) is 4.31. The molecule has 0 aliphatic rings. The average Bonchev–Trinajstić information content (AvgIpc) is 2.46. The molecule has 0 bridgehead atoms. The van der Waals surface area contributed by atoms with Crippen LogP contribution >= 0.6 is 0 Å². The Morgan fingerprint density at radius 1 is 0.556 bits per heavy atom. The van der Waals surface area contributed by atoms with Crippen molar-refractivity contribution in [3.63, 3.8) is 0 Å². The molecular formula is C18H14. The molecule has 0 nitrogen and oxygen atoms in total. The predicted octanol–water partition coefficient (Wildman–Crippen LogP) is 5.01. The van der Waals surface area contributed by atoms with E-state index in [4.69, 9.17) is 0 Å². The topological polar surface area (TPSA) is 0 Å². The molecule has 0 heteroatoms. The first kappa shape index (κ1) is 10.8. The molecule has 0 fully saturated rings. The number of hydrogen-bond donors (Lipinski definition) is 0. The van der Waals surface area contributed by atoms with Gasteiger partial charge in [-0.2, -0.15) is 0 Å². The molecule has 0 N–H and O–H groups in total. The molecule has 0 radical (unpaired) electrons. The normalized spacial score (nSPS) is 11.1. The van der Waals surface area contributed by atoms with E-state index in [1.165, 1.54) is 21.9 Å². The van der Waals surface area contributed by atoms with Gasteiger partial charge in [-0.25, -0.2) is 0 Å². The van der Waals surface area contributed by atoms with Crippen molar-refractivity contribution in [2.24, 2.45) is 0 Å². The van der Waals surface area contributed by atoms with Gasteiger partial charge in [-0.15, -0.1) is 0 Å². The van der Waals surface area contributed by atoms with Crippen LogP contribution in [0.15, 0.2) is 72.8 Å². The molecular weight excluding hydrogens is 216 g/mol.